The van der Waals surface area contributed by atoms with Crippen molar-refractivity contribution in [1.29, 1.82) is 0 Å². The lowest BCUT2D eigenvalue weighted by Gasteiger charge is -2.07. The number of aromatic nitrogens is 2. The van der Waals surface area contributed by atoms with Crippen LogP contribution in [0, 0.1) is 13.8 Å². The first-order valence-corrected chi connectivity index (χ1v) is 6.54. The zero-order chi connectivity index (χ0) is 13.7. The molecule has 0 atom stereocenters. The van der Waals surface area contributed by atoms with E-state index in [1.54, 1.807) is 6.20 Å². The van der Waals surface area contributed by atoms with Gasteiger partial charge in [0.15, 0.2) is 0 Å². The molecule has 0 aliphatic rings. The first kappa shape index (κ1) is 13.4. The standard InChI is InChI=1S/C14H20N4O/c1-4-5-16-12-6-13(8-15-7-12)17-9-14-18-10(2)11(3)19-14/h6-8,16-17H,4-5,9H2,1-3H3. The Balaban J connectivity index is 1.95. The topological polar surface area (TPSA) is 63.0 Å². The zero-order valence-electron chi connectivity index (χ0n) is 11.7. The molecule has 0 aromatic carbocycles. The van der Waals surface area contributed by atoms with E-state index in [4.69, 9.17) is 4.42 Å². The molecule has 0 aliphatic carbocycles. The highest BCUT2D eigenvalue weighted by molar-refractivity contribution is 5.53. The average molecular weight is 260 g/mol. The number of oxazole rings is 1. The summed E-state index contributed by atoms with van der Waals surface area (Å²) in [5.74, 6) is 1.57. The van der Waals surface area contributed by atoms with Crippen molar-refractivity contribution >= 4 is 11.4 Å². The summed E-state index contributed by atoms with van der Waals surface area (Å²) in [6.07, 6.45) is 4.70. The highest BCUT2D eigenvalue weighted by Gasteiger charge is 2.05. The molecule has 0 unspecified atom stereocenters. The molecule has 0 spiro atoms. The van der Waals surface area contributed by atoms with E-state index in [0.29, 0.717) is 12.4 Å². The van der Waals surface area contributed by atoms with Crippen molar-refractivity contribution in [2.75, 3.05) is 17.2 Å². The predicted molar refractivity (Wildman–Crippen MR) is 76.3 cm³/mol. The molecule has 2 aromatic heterocycles. The maximum atomic E-state index is 5.52. The first-order valence-electron chi connectivity index (χ1n) is 6.54. The van der Waals surface area contributed by atoms with Gasteiger partial charge in [-0.1, -0.05) is 6.92 Å². The summed E-state index contributed by atoms with van der Waals surface area (Å²) in [6.45, 7) is 7.51. The summed E-state index contributed by atoms with van der Waals surface area (Å²) in [5.41, 5.74) is 2.91. The fourth-order valence-electron chi connectivity index (χ4n) is 1.70. The van der Waals surface area contributed by atoms with Gasteiger partial charge in [-0.3, -0.25) is 4.98 Å². The number of hydrogen-bond donors (Lipinski definition) is 2. The second-order valence-corrected chi connectivity index (χ2v) is 4.49. The maximum Gasteiger partial charge on any atom is 0.213 e. The number of nitrogens with one attached hydrogen (secondary N) is 2. The van der Waals surface area contributed by atoms with Gasteiger partial charge in [-0.25, -0.2) is 4.98 Å². The lowest BCUT2D eigenvalue weighted by molar-refractivity contribution is 0.478. The number of nitrogens with zero attached hydrogens (tertiary/aromatic N) is 2. The summed E-state index contributed by atoms with van der Waals surface area (Å²) in [5, 5.41) is 6.56. The van der Waals surface area contributed by atoms with E-state index in [2.05, 4.69) is 27.5 Å². The Bertz CT molecular complexity index is 516. The van der Waals surface area contributed by atoms with Crippen LogP contribution in [0.4, 0.5) is 11.4 Å². The third kappa shape index (κ3) is 3.71. The molecule has 2 heterocycles. The van der Waals surface area contributed by atoms with E-state index in [9.17, 15) is 0 Å². The van der Waals surface area contributed by atoms with Crippen molar-refractivity contribution in [3.05, 3.63) is 35.8 Å². The maximum absolute atomic E-state index is 5.52. The Morgan fingerprint density at radius 1 is 1.16 bits per heavy atom. The van der Waals surface area contributed by atoms with Crippen LogP contribution in [0.5, 0.6) is 0 Å². The summed E-state index contributed by atoms with van der Waals surface area (Å²) in [6, 6.07) is 2.03. The van der Waals surface area contributed by atoms with Crippen LogP contribution in [-0.2, 0) is 6.54 Å². The van der Waals surface area contributed by atoms with E-state index < -0.39 is 0 Å². The second kappa shape index (κ2) is 6.22. The van der Waals surface area contributed by atoms with E-state index in [0.717, 1.165) is 35.8 Å². The Morgan fingerprint density at radius 2 is 1.89 bits per heavy atom. The second-order valence-electron chi connectivity index (χ2n) is 4.49. The van der Waals surface area contributed by atoms with Gasteiger partial charge in [0.1, 0.15) is 5.76 Å². The van der Waals surface area contributed by atoms with Gasteiger partial charge in [-0.15, -0.1) is 0 Å². The van der Waals surface area contributed by atoms with Crippen molar-refractivity contribution < 1.29 is 4.42 Å². The molecule has 2 N–H and O–H groups in total. The fourth-order valence-corrected chi connectivity index (χ4v) is 1.70. The van der Waals surface area contributed by atoms with Crippen LogP contribution in [0.2, 0.25) is 0 Å². The van der Waals surface area contributed by atoms with Crippen molar-refractivity contribution in [3.8, 4) is 0 Å². The minimum atomic E-state index is 0.563. The summed E-state index contributed by atoms with van der Waals surface area (Å²) in [4.78, 5) is 8.53. The monoisotopic (exact) mass is 260 g/mol. The van der Waals surface area contributed by atoms with E-state index >= 15 is 0 Å². The van der Waals surface area contributed by atoms with Crippen molar-refractivity contribution in [2.45, 2.75) is 33.7 Å². The van der Waals surface area contributed by atoms with Gasteiger partial charge >= 0.3 is 0 Å². The lowest BCUT2D eigenvalue weighted by Crippen LogP contribution is -2.03. The third-order valence-corrected chi connectivity index (χ3v) is 2.83. The molecule has 102 valence electrons. The molecule has 0 aliphatic heterocycles. The van der Waals surface area contributed by atoms with E-state index in [1.165, 1.54) is 0 Å². The van der Waals surface area contributed by atoms with Crippen molar-refractivity contribution in [3.63, 3.8) is 0 Å². The number of anilines is 2. The molecule has 0 bridgehead atoms. The molecule has 5 nitrogen and oxygen atoms in total. The highest BCUT2D eigenvalue weighted by atomic mass is 16.4. The first-order chi connectivity index (χ1) is 9.19. The lowest BCUT2D eigenvalue weighted by atomic mass is 10.3. The Hall–Kier alpha value is -2.04. The Morgan fingerprint density at radius 3 is 2.53 bits per heavy atom. The Labute approximate surface area is 113 Å². The highest BCUT2D eigenvalue weighted by Crippen LogP contribution is 2.15. The number of aryl methyl sites for hydroxylation is 2. The van der Waals surface area contributed by atoms with Crippen LogP contribution in [0.25, 0.3) is 0 Å². The largest absolute Gasteiger partial charge is 0.444 e. The minimum absolute atomic E-state index is 0.563. The normalized spacial score (nSPS) is 10.5. The number of pyridine rings is 1. The van der Waals surface area contributed by atoms with Gasteiger partial charge < -0.3 is 15.1 Å². The minimum Gasteiger partial charge on any atom is -0.444 e. The SMILES string of the molecule is CCCNc1cncc(NCc2nc(C)c(C)o2)c1. The quantitative estimate of drug-likeness (QED) is 0.835. The summed E-state index contributed by atoms with van der Waals surface area (Å²) in [7, 11) is 0. The van der Waals surface area contributed by atoms with Crippen molar-refractivity contribution in [1.82, 2.24) is 9.97 Å². The van der Waals surface area contributed by atoms with Crippen LogP contribution < -0.4 is 10.6 Å². The van der Waals surface area contributed by atoms with Gasteiger partial charge in [0.05, 0.1) is 36.0 Å². The third-order valence-electron chi connectivity index (χ3n) is 2.83. The van der Waals surface area contributed by atoms with Crippen LogP contribution >= 0.6 is 0 Å². The van der Waals surface area contributed by atoms with E-state index in [-0.39, 0.29) is 0 Å². The molecule has 5 heteroatoms. The molecule has 19 heavy (non-hydrogen) atoms. The molecular weight excluding hydrogens is 240 g/mol. The van der Waals surface area contributed by atoms with E-state index in [1.807, 2.05) is 26.1 Å². The Kier molecular flexibility index (Phi) is 4.39. The van der Waals surface area contributed by atoms with Crippen LogP contribution in [0.15, 0.2) is 22.9 Å². The summed E-state index contributed by atoms with van der Waals surface area (Å²) < 4.78 is 5.52. The van der Waals surface area contributed by atoms with Crippen molar-refractivity contribution in [2.24, 2.45) is 0 Å². The van der Waals surface area contributed by atoms with Gasteiger partial charge in [0, 0.05) is 6.54 Å². The van der Waals surface area contributed by atoms with Gasteiger partial charge in [0.25, 0.3) is 0 Å². The summed E-state index contributed by atoms with van der Waals surface area (Å²) >= 11 is 0. The van der Waals surface area contributed by atoms with Gasteiger partial charge in [0.2, 0.25) is 5.89 Å². The van der Waals surface area contributed by atoms with Gasteiger partial charge in [-0.05, 0) is 26.3 Å². The smallest absolute Gasteiger partial charge is 0.213 e. The molecular formula is C14H20N4O. The molecule has 2 aromatic rings. The number of hydrogen-bond acceptors (Lipinski definition) is 5. The fraction of sp³-hybridized carbons (Fsp3) is 0.429. The number of rotatable bonds is 6. The van der Waals surface area contributed by atoms with Crippen LogP contribution in [0.1, 0.15) is 30.7 Å². The predicted octanol–water partition coefficient (Wildman–Crippen LogP) is 3.12. The average Bonchev–Trinajstić information content (AvgIpc) is 2.74. The van der Waals surface area contributed by atoms with Crippen LogP contribution in [0.3, 0.4) is 0 Å². The molecule has 0 saturated heterocycles. The molecule has 0 saturated carbocycles. The van der Waals surface area contributed by atoms with Gasteiger partial charge in [-0.2, -0.15) is 0 Å². The molecule has 0 radical (unpaired) electrons. The molecule has 2 rings (SSSR count). The zero-order valence-corrected chi connectivity index (χ0v) is 11.7. The molecule has 0 fully saturated rings. The van der Waals surface area contributed by atoms with Crippen LogP contribution in [-0.4, -0.2) is 16.5 Å². The molecule has 0 amide bonds.